The van der Waals surface area contributed by atoms with Crippen LogP contribution < -0.4 is 4.57 Å². The van der Waals surface area contributed by atoms with Crippen molar-refractivity contribution >= 4 is 21.9 Å². The van der Waals surface area contributed by atoms with Crippen molar-refractivity contribution in [1.82, 2.24) is 0 Å². The summed E-state index contributed by atoms with van der Waals surface area (Å²) in [5, 5.41) is 12.3. The van der Waals surface area contributed by atoms with Gasteiger partial charge < -0.3 is 4.42 Å². The third-order valence-corrected chi connectivity index (χ3v) is 8.57. The van der Waals surface area contributed by atoms with Gasteiger partial charge in [0.2, 0.25) is 5.69 Å². The normalized spacial score (nSPS) is 13.4. The van der Waals surface area contributed by atoms with Gasteiger partial charge in [0.05, 0.1) is 17.2 Å². The largest absolute Gasteiger partial charge is 0.454 e. The second-order valence-electron chi connectivity index (χ2n) is 11.3. The third kappa shape index (κ3) is 3.25. The number of aromatic nitrogens is 1. The summed E-state index contributed by atoms with van der Waals surface area (Å²) in [6, 6.07) is 30.3. The molecule has 6 aromatic rings. The summed E-state index contributed by atoms with van der Waals surface area (Å²) in [6.07, 6.45) is 2.09. The molecule has 0 bridgehead atoms. The quantitative estimate of drug-likeness (QED) is 0.221. The Hall–Kier alpha value is -4.68. The fourth-order valence-corrected chi connectivity index (χ4v) is 6.50. The van der Waals surface area contributed by atoms with Crippen LogP contribution in [-0.4, -0.2) is 0 Å². The minimum absolute atomic E-state index is 0.0658. The molecule has 0 amide bonds. The van der Waals surface area contributed by atoms with Crippen LogP contribution in [0.5, 0.6) is 0 Å². The van der Waals surface area contributed by atoms with Gasteiger partial charge >= 0.3 is 0 Å². The fourth-order valence-electron chi connectivity index (χ4n) is 6.50. The van der Waals surface area contributed by atoms with E-state index < -0.39 is 0 Å². The van der Waals surface area contributed by atoms with Crippen molar-refractivity contribution in [2.45, 2.75) is 33.1 Å². The molecule has 0 saturated carbocycles. The van der Waals surface area contributed by atoms with Crippen LogP contribution in [-0.2, 0) is 12.5 Å². The van der Waals surface area contributed by atoms with E-state index in [9.17, 15) is 5.26 Å². The fraction of sp³-hybridized carbons (Fsp3) is 0.167. The second-order valence-corrected chi connectivity index (χ2v) is 11.3. The lowest BCUT2D eigenvalue weighted by molar-refractivity contribution is -0.660. The van der Waals surface area contributed by atoms with Gasteiger partial charge in [0.1, 0.15) is 18.2 Å². The van der Waals surface area contributed by atoms with E-state index in [2.05, 4.69) is 118 Å². The third-order valence-electron chi connectivity index (χ3n) is 8.57. The Morgan fingerprint density at radius 1 is 0.769 bits per heavy atom. The molecule has 0 unspecified atom stereocenters. The van der Waals surface area contributed by atoms with Crippen molar-refractivity contribution in [3.05, 3.63) is 113 Å². The minimum Gasteiger partial charge on any atom is -0.454 e. The number of nitriles is 1. The molecule has 0 saturated heterocycles. The standard InChI is InChI=1S/C36H29N2O/c1-21-16-17-38(5)31(18-21)32-22(2)10-13-26-27-14-11-24(20-37)33(35(27)39-34(26)32)23-12-15-30-28(19-23)25-8-6-7-9-29(25)36(30,3)4/h6-19H,1-5H3/q+1. The lowest BCUT2D eigenvalue weighted by atomic mass is 9.82. The molecule has 7 rings (SSSR count). The Bertz CT molecular complexity index is 2030. The maximum absolute atomic E-state index is 10.2. The Balaban J connectivity index is 1.54. The van der Waals surface area contributed by atoms with Crippen molar-refractivity contribution in [3.63, 3.8) is 0 Å². The molecule has 3 heteroatoms. The molecule has 188 valence electrons. The van der Waals surface area contributed by atoms with Crippen LogP contribution in [0.4, 0.5) is 0 Å². The maximum atomic E-state index is 10.2. The topological polar surface area (TPSA) is 40.8 Å². The molecule has 0 radical (unpaired) electrons. The first-order valence-corrected chi connectivity index (χ1v) is 13.4. The number of fused-ring (bicyclic) bond motifs is 6. The molecular formula is C36H29N2O+. The van der Waals surface area contributed by atoms with Crippen LogP contribution in [0.25, 0.3) is 55.4 Å². The van der Waals surface area contributed by atoms with Gasteiger partial charge in [-0.25, -0.2) is 4.57 Å². The molecule has 1 aliphatic carbocycles. The van der Waals surface area contributed by atoms with E-state index in [0.29, 0.717) is 5.56 Å². The Morgan fingerprint density at radius 3 is 2.28 bits per heavy atom. The van der Waals surface area contributed by atoms with Gasteiger partial charge in [-0.05, 0) is 71.0 Å². The average Bonchev–Trinajstić information content (AvgIpc) is 3.42. The molecule has 2 heterocycles. The van der Waals surface area contributed by atoms with E-state index in [1.807, 2.05) is 12.1 Å². The number of pyridine rings is 1. The van der Waals surface area contributed by atoms with E-state index in [4.69, 9.17) is 4.42 Å². The molecule has 0 N–H and O–H groups in total. The van der Waals surface area contributed by atoms with Crippen LogP contribution in [0.2, 0.25) is 0 Å². The van der Waals surface area contributed by atoms with E-state index >= 15 is 0 Å². The molecule has 0 aliphatic heterocycles. The molecule has 0 spiro atoms. The van der Waals surface area contributed by atoms with Gasteiger partial charge in [-0.1, -0.05) is 62.4 Å². The SMILES string of the molecule is Cc1cc[n+](C)c(-c2c(C)ccc3c2oc2c(-c4ccc5c(c4)-c4ccccc4C5(C)C)c(C#N)ccc23)c1. The number of aryl methyl sites for hydroxylation is 3. The summed E-state index contributed by atoms with van der Waals surface area (Å²) in [5.74, 6) is 0. The molecule has 0 atom stereocenters. The van der Waals surface area contributed by atoms with E-state index in [0.717, 1.165) is 49.9 Å². The Labute approximate surface area is 228 Å². The first-order valence-electron chi connectivity index (χ1n) is 13.4. The highest BCUT2D eigenvalue weighted by Gasteiger charge is 2.35. The first kappa shape index (κ1) is 23.4. The number of nitrogens with zero attached hydrogens (tertiary/aromatic N) is 2. The van der Waals surface area contributed by atoms with Crippen LogP contribution >= 0.6 is 0 Å². The zero-order valence-corrected chi connectivity index (χ0v) is 22.9. The van der Waals surface area contributed by atoms with Crippen molar-refractivity contribution in [3.8, 4) is 39.6 Å². The van der Waals surface area contributed by atoms with Gasteiger partial charge in [0.15, 0.2) is 6.20 Å². The van der Waals surface area contributed by atoms with Gasteiger partial charge in [0, 0.05) is 33.9 Å². The zero-order valence-electron chi connectivity index (χ0n) is 22.9. The number of hydrogen-bond donors (Lipinski definition) is 0. The van der Waals surface area contributed by atoms with Crippen molar-refractivity contribution in [2.24, 2.45) is 7.05 Å². The van der Waals surface area contributed by atoms with Crippen molar-refractivity contribution < 1.29 is 8.98 Å². The molecular weight excluding hydrogens is 476 g/mol. The Kier molecular flexibility index (Phi) is 4.90. The average molecular weight is 506 g/mol. The van der Waals surface area contributed by atoms with E-state index in [1.54, 1.807) is 0 Å². The molecule has 0 fully saturated rings. The molecule has 4 aromatic carbocycles. The highest BCUT2D eigenvalue weighted by Crippen LogP contribution is 2.50. The predicted molar refractivity (Wildman–Crippen MR) is 158 cm³/mol. The van der Waals surface area contributed by atoms with E-state index in [-0.39, 0.29) is 5.41 Å². The number of furan rings is 1. The first-order chi connectivity index (χ1) is 18.8. The monoisotopic (exact) mass is 505 g/mol. The highest BCUT2D eigenvalue weighted by atomic mass is 16.3. The molecule has 2 aromatic heterocycles. The van der Waals surface area contributed by atoms with E-state index in [1.165, 1.54) is 27.8 Å². The maximum Gasteiger partial charge on any atom is 0.216 e. The minimum atomic E-state index is -0.0658. The van der Waals surface area contributed by atoms with Crippen LogP contribution in [0.1, 0.15) is 41.7 Å². The lowest BCUT2D eigenvalue weighted by Gasteiger charge is -2.21. The summed E-state index contributed by atoms with van der Waals surface area (Å²) in [5.41, 5.74) is 13.7. The summed E-state index contributed by atoms with van der Waals surface area (Å²) in [4.78, 5) is 0. The number of benzene rings is 4. The predicted octanol–water partition coefficient (Wildman–Crippen LogP) is 8.54. The molecule has 1 aliphatic rings. The highest BCUT2D eigenvalue weighted by molar-refractivity contribution is 6.14. The molecule has 3 nitrogen and oxygen atoms in total. The van der Waals surface area contributed by atoms with Crippen LogP contribution in [0.3, 0.4) is 0 Å². The van der Waals surface area contributed by atoms with Gasteiger partial charge in [0.25, 0.3) is 0 Å². The summed E-state index contributed by atoms with van der Waals surface area (Å²) >= 11 is 0. The zero-order chi connectivity index (χ0) is 27.1. The number of rotatable bonds is 2. The smallest absolute Gasteiger partial charge is 0.216 e. The van der Waals surface area contributed by atoms with Gasteiger partial charge in [-0.15, -0.1) is 0 Å². The lowest BCUT2D eigenvalue weighted by Crippen LogP contribution is -2.30. The second kappa shape index (κ2) is 8.16. The number of hydrogen-bond acceptors (Lipinski definition) is 2. The summed E-state index contributed by atoms with van der Waals surface area (Å²) < 4.78 is 8.95. The Morgan fingerprint density at radius 2 is 1.49 bits per heavy atom. The van der Waals surface area contributed by atoms with Crippen molar-refractivity contribution in [1.29, 1.82) is 5.26 Å². The summed E-state index contributed by atoms with van der Waals surface area (Å²) in [7, 11) is 2.07. The van der Waals surface area contributed by atoms with Crippen LogP contribution in [0.15, 0.2) is 89.5 Å². The van der Waals surface area contributed by atoms with Gasteiger partial charge in [-0.2, -0.15) is 5.26 Å². The summed E-state index contributed by atoms with van der Waals surface area (Å²) in [6.45, 7) is 8.81. The van der Waals surface area contributed by atoms with Crippen LogP contribution in [0, 0.1) is 25.2 Å². The molecule has 39 heavy (non-hydrogen) atoms. The van der Waals surface area contributed by atoms with Gasteiger partial charge in [-0.3, -0.25) is 0 Å². The van der Waals surface area contributed by atoms with Crippen molar-refractivity contribution in [2.75, 3.05) is 0 Å².